The van der Waals surface area contributed by atoms with Gasteiger partial charge in [-0.2, -0.15) is 0 Å². The second-order valence-corrected chi connectivity index (χ2v) is 4.37. The van der Waals surface area contributed by atoms with Crippen LogP contribution in [0.3, 0.4) is 0 Å². The van der Waals surface area contributed by atoms with Crippen LogP contribution in [0.5, 0.6) is 5.75 Å². The number of amides is 1. The maximum atomic E-state index is 13.3. The molecular formula is C13H13F2NO4. The molecule has 0 saturated carbocycles. The molecule has 0 aliphatic carbocycles. The highest BCUT2D eigenvalue weighted by Crippen LogP contribution is 2.34. The first kappa shape index (κ1) is 14.2. The number of rotatable bonds is 3. The van der Waals surface area contributed by atoms with E-state index in [-0.39, 0.29) is 30.3 Å². The number of anilines is 1. The van der Waals surface area contributed by atoms with Gasteiger partial charge in [0.2, 0.25) is 5.91 Å². The number of carbonyl (C=O) groups is 2. The number of nitrogens with zero attached hydrogens (tertiary/aromatic N) is 1. The van der Waals surface area contributed by atoms with Gasteiger partial charge in [-0.1, -0.05) is 0 Å². The predicted molar refractivity (Wildman–Crippen MR) is 65.4 cm³/mol. The second kappa shape index (κ2) is 5.44. The molecule has 1 saturated heterocycles. The van der Waals surface area contributed by atoms with Crippen LogP contribution in [-0.2, 0) is 14.3 Å². The molecule has 1 aromatic carbocycles. The predicted octanol–water partition coefficient (Wildman–Crippen LogP) is 1.50. The van der Waals surface area contributed by atoms with E-state index in [4.69, 9.17) is 4.74 Å². The number of ether oxygens (including phenoxy) is 2. The fourth-order valence-corrected chi connectivity index (χ4v) is 2.16. The average molecular weight is 285 g/mol. The second-order valence-electron chi connectivity index (χ2n) is 4.37. The van der Waals surface area contributed by atoms with Gasteiger partial charge in [-0.25, -0.2) is 8.78 Å². The van der Waals surface area contributed by atoms with Gasteiger partial charge in [-0.15, -0.1) is 0 Å². The summed E-state index contributed by atoms with van der Waals surface area (Å²) in [5.74, 6) is -3.63. The average Bonchev–Trinajstić information content (AvgIpc) is 2.82. The van der Waals surface area contributed by atoms with Crippen molar-refractivity contribution in [2.45, 2.75) is 6.42 Å². The van der Waals surface area contributed by atoms with Gasteiger partial charge in [0.05, 0.1) is 25.8 Å². The number of methoxy groups -OCH3 is 2. The lowest BCUT2D eigenvalue weighted by molar-refractivity contribution is -0.145. The van der Waals surface area contributed by atoms with Gasteiger partial charge in [0.25, 0.3) is 0 Å². The molecule has 1 aliphatic heterocycles. The summed E-state index contributed by atoms with van der Waals surface area (Å²) in [6.07, 6.45) is -0.0329. The summed E-state index contributed by atoms with van der Waals surface area (Å²) >= 11 is 0. The molecular weight excluding hydrogens is 272 g/mol. The zero-order chi connectivity index (χ0) is 14.9. The quantitative estimate of drug-likeness (QED) is 0.790. The molecule has 1 aliphatic rings. The van der Waals surface area contributed by atoms with Crippen molar-refractivity contribution in [3.05, 3.63) is 23.8 Å². The van der Waals surface area contributed by atoms with Crippen LogP contribution in [0.4, 0.5) is 14.5 Å². The standard InChI is InChI=1S/C13H13F2NO4/c1-19-11-5-9(15)8(14)4-10(11)16-6-7(3-12(16)17)13(18)20-2/h4-5,7H,3,6H2,1-2H3. The molecule has 0 spiro atoms. The number of benzene rings is 1. The Hall–Kier alpha value is -2.18. The number of carbonyl (C=O) groups excluding carboxylic acids is 2. The molecule has 1 unspecified atom stereocenters. The van der Waals surface area contributed by atoms with E-state index in [1.807, 2.05) is 0 Å². The van der Waals surface area contributed by atoms with E-state index in [0.717, 1.165) is 12.1 Å². The van der Waals surface area contributed by atoms with Crippen LogP contribution in [0.25, 0.3) is 0 Å². The van der Waals surface area contributed by atoms with E-state index >= 15 is 0 Å². The van der Waals surface area contributed by atoms with Crippen molar-refractivity contribution in [1.82, 2.24) is 0 Å². The lowest BCUT2D eigenvalue weighted by atomic mass is 10.1. The Labute approximate surface area is 114 Å². The van der Waals surface area contributed by atoms with Gasteiger partial charge in [0.1, 0.15) is 5.75 Å². The normalized spacial score (nSPS) is 18.3. The molecule has 5 nitrogen and oxygen atoms in total. The van der Waals surface area contributed by atoms with Crippen LogP contribution >= 0.6 is 0 Å². The third-order valence-electron chi connectivity index (χ3n) is 3.17. The van der Waals surface area contributed by atoms with E-state index < -0.39 is 23.5 Å². The Morgan fingerprint density at radius 2 is 1.95 bits per heavy atom. The molecule has 7 heteroatoms. The van der Waals surface area contributed by atoms with E-state index in [9.17, 15) is 18.4 Å². The lowest BCUT2D eigenvalue weighted by Crippen LogP contribution is -2.26. The minimum Gasteiger partial charge on any atom is -0.494 e. The molecule has 0 aromatic heterocycles. The van der Waals surface area contributed by atoms with Crippen molar-refractivity contribution < 1.29 is 27.8 Å². The summed E-state index contributed by atoms with van der Waals surface area (Å²) in [6, 6.07) is 1.75. The Morgan fingerprint density at radius 3 is 2.55 bits per heavy atom. The number of hydrogen-bond acceptors (Lipinski definition) is 4. The fraction of sp³-hybridized carbons (Fsp3) is 0.385. The SMILES string of the molecule is COC(=O)C1CC(=O)N(c2cc(F)c(F)cc2OC)C1. The zero-order valence-electron chi connectivity index (χ0n) is 11.0. The topological polar surface area (TPSA) is 55.8 Å². The maximum absolute atomic E-state index is 13.3. The van der Waals surface area contributed by atoms with E-state index in [0.29, 0.717) is 0 Å². The minimum absolute atomic E-state index is 0.0303. The molecule has 0 N–H and O–H groups in total. The highest BCUT2D eigenvalue weighted by atomic mass is 19.2. The van der Waals surface area contributed by atoms with Crippen molar-refractivity contribution in [2.75, 3.05) is 25.7 Å². The highest BCUT2D eigenvalue weighted by molar-refractivity contribution is 6.00. The Bertz CT molecular complexity index is 562. The molecule has 1 heterocycles. The van der Waals surface area contributed by atoms with Crippen molar-refractivity contribution in [2.24, 2.45) is 5.92 Å². The van der Waals surface area contributed by atoms with Gasteiger partial charge in [0.15, 0.2) is 11.6 Å². The van der Waals surface area contributed by atoms with Crippen LogP contribution in [0, 0.1) is 17.6 Å². The van der Waals surface area contributed by atoms with E-state index in [1.165, 1.54) is 19.1 Å². The van der Waals surface area contributed by atoms with Crippen molar-refractivity contribution in [3.8, 4) is 5.75 Å². The summed E-state index contributed by atoms with van der Waals surface area (Å²) in [5.41, 5.74) is 0.0998. The van der Waals surface area contributed by atoms with Crippen LogP contribution in [0.15, 0.2) is 12.1 Å². The minimum atomic E-state index is -1.09. The third-order valence-corrected chi connectivity index (χ3v) is 3.17. The summed E-state index contributed by atoms with van der Waals surface area (Å²) < 4.78 is 36.0. The van der Waals surface area contributed by atoms with Crippen molar-refractivity contribution >= 4 is 17.6 Å². The van der Waals surface area contributed by atoms with Crippen LogP contribution < -0.4 is 9.64 Å². The Kier molecular flexibility index (Phi) is 3.87. The van der Waals surface area contributed by atoms with Crippen LogP contribution in [0.2, 0.25) is 0 Å². The smallest absolute Gasteiger partial charge is 0.311 e. The molecule has 1 fully saturated rings. The Morgan fingerprint density at radius 1 is 1.30 bits per heavy atom. The van der Waals surface area contributed by atoms with Gasteiger partial charge in [-0.05, 0) is 0 Å². The molecule has 2 rings (SSSR count). The molecule has 1 aromatic rings. The molecule has 0 bridgehead atoms. The van der Waals surface area contributed by atoms with E-state index in [1.54, 1.807) is 0 Å². The summed E-state index contributed by atoms with van der Waals surface area (Å²) in [5, 5.41) is 0. The van der Waals surface area contributed by atoms with Crippen LogP contribution in [-0.4, -0.2) is 32.6 Å². The zero-order valence-corrected chi connectivity index (χ0v) is 11.0. The van der Waals surface area contributed by atoms with Gasteiger partial charge < -0.3 is 14.4 Å². The van der Waals surface area contributed by atoms with Crippen molar-refractivity contribution in [1.29, 1.82) is 0 Å². The highest BCUT2D eigenvalue weighted by Gasteiger charge is 2.37. The molecule has 1 amide bonds. The third kappa shape index (κ3) is 2.43. The summed E-state index contributed by atoms with van der Waals surface area (Å²) in [7, 11) is 2.52. The molecule has 1 atom stereocenters. The van der Waals surface area contributed by atoms with E-state index in [2.05, 4.69) is 4.74 Å². The fourth-order valence-electron chi connectivity index (χ4n) is 2.16. The first-order chi connectivity index (χ1) is 9.47. The first-order valence-electron chi connectivity index (χ1n) is 5.89. The first-order valence-corrected chi connectivity index (χ1v) is 5.89. The summed E-state index contributed by atoms with van der Waals surface area (Å²) in [4.78, 5) is 24.6. The van der Waals surface area contributed by atoms with Gasteiger partial charge in [-0.3, -0.25) is 9.59 Å². The monoisotopic (exact) mass is 285 g/mol. The van der Waals surface area contributed by atoms with Gasteiger partial charge >= 0.3 is 5.97 Å². The molecule has 0 radical (unpaired) electrons. The van der Waals surface area contributed by atoms with Crippen LogP contribution in [0.1, 0.15) is 6.42 Å². The number of esters is 1. The Balaban J connectivity index is 2.35. The lowest BCUT2D eigenvalue weighted by Gasteiger charge is -2.19. The largest absolute Gasteiger partial charge is 0.494 e. The number of hydrogen-bond donors (Lipinski definition) is 0. The maximum Gasteiger partial charge on any atom is 0.311 e. The molecule has 108 valence electrons. The molecule has 20 heavy (non-hydrogen) atoms. The number of halogens is 2. The van der Waals surface area contributed by atoms with Crippen molar-refractivity contribution in [3.63, 3.8) is 0 Å². The summed E-state index contributed by atoms with van der Waals surface area (Å²) in [6.45, 7) is 0.0486. The van der Waals surface area contributed by atoms with Gasteiger partial charge in [0, 0.05) is 25.1 Å².